The third-order valence-corrected chi connectivity index (χ3v) is 2.93. The molecule has 1 aliphatic heterocycles. The van der Waals surface area contributed by atoms with E-state index in [9.17, 15) is 4.79 Å². The molecule has 1 fully saturated rings. The molecule has 0 saturated carbocycles. The molecule has 0 spiro atoms. The van der Waals surface area contributed by atoms with Gasteiger partial charge < -0.3 is 20.5 Å². The fourth-order valence-electron chi connectivity index (χ4n) is 1.94. The van der Waals surface area contributed by atoms with Gasteiger partial charge in [-0.15, -0.1) is 0 Å². The highest BCUT2D eigenvalue weighted by atomic mass is 16.5. The van der Waals surface area contributed by atoms with Crippen LogP contribution < -0.4 is 5.73 Å². The summed E-state index contributed by atoms with van der Waals surface area (Å²) in [6.07, 6.45) is 1.18. The van der Waals surface area contributed by atoms with Crippen molar-refractivity contribution in [1.29, 1.82) is 0 Å². The highest BCUT2D eigenvalue weighted by Gasteiger charge is 2.25. The summed E-state index contributed by atoms with van der Waals surface area (Å²) in [7, 11) is 0. The quantitative estimate of drug-likeness (QED) is 0.760. The number of nitrogens with zero attached hydrogens (tertiary/aromatic N) is 2. The van der Waals surface area contributed by atoms with E-state index in [1.807, 2.05) is 6.92 Å². The first-order valence-corrected chi connectivity index (χ1v) is 5.85. The lowest BCUT2D eigenvalue weighted by Gasteiger charge is -2.32. The number of pyridine rings is 1. The van der Waals surface area contributed by atoms with Crippen LogP contribution in [0.25, 0.3) is 0 Å². The number of hydrogen-bond donors (Lipinski definition) is 2. The minimum Gasteiger partial charge on any atom is -0.398 e. The number of aliphatic hydroxyl groups is 1. The number of morpholine rings is 1. The SMILES string of the molecule is Cc1cc(N)c(C(=O)N2CCOC(CO)C2)cn1. The van der Waals surface area contributed by atoms with Gasteiger partial charge in [-0.3, -0.25) is 9.78 Å². The number of carbonyl (C=O) groups is 1. The number of aliphatic hydroxyl groups excluding tert-OH is 1. The van der Waals surface area contributed by atoms with Crippen molar-refractivity contribution in [2.75, 3.05) is 32.0 Å². The average molecular weight is 251 g/mol. The molecule has 6 heteroatoms. The summed E-state index contributed by atoms with van der Waals surface area (Å²) >= 11 is 0. The maximum absolute atomic E-state index is 12.3. The Morgan fingerprint density at radius 1 is 1.72 bits per heavy atom. The van der Waals surface area contributed by atoms with E-state index >= 15 is 0 Å². The van der Waals surface area contributed by atoms with E-state index in [-0.39, 0.29) is 18.6 Å². The Hall–Kier alpha value is -1.66. The molecular formula is C12H17N3O3. The van der Waals surface area contributed by atoms with Crippen LogP contribution in [0.1, 0.15) is 16.1 Å². The number of carbonyl (C=O) groups excluding carboxylic acids is 1. The Balaban J connectivity index is 2.15. The second-order valence-corrected chi connectivity index (χ2v) is 4.34. The molecular weight excluding hydrogens is 234 g/mol. The lowest BCUT2D eigenvalue weighted by molar-refractivity contribution is -0.0447. The molecule has 1 amide bonds. The second kappa shape index (κ2) is 5.32. The van der Waals surface area contributed by atoms with Crippen LogP contribution in [0.15, 0.2) is 12.3 Å². The zero-order chi connectivity index (χ0) is 13.1. The van der Waals surface area contributed by atoms with Crippen LogP contribution in [0.2, 0.25) is 0 Å². The molecule has 1 aliphatic rings. The Labute approximate surface area is 105 Å². The number of amides is 1. The van der Waals surface area contributed by atoms with Crippen LogP contribution in [-0.4, -0.2) is 53.3 Å². The van der Waals surface area contributed by atoms with Crippen molar-refractivity contribution in [1.82, 2.24) is 9.88 Å². The third kappa shape index (κ3) is 2.60. The largest absolute Gasteiger partial charge is 0.398 e. The van der Waals surface area contributed by atoms with Gasteiger partial charge in [0, 0.05) is 30.7 Å². The summed E-state index contributed by atoms with van der Waals surface area (Å²) in [4.78, 5) is 18.0. The molecule has 1 atom stereocenters. The number of nitrogens with two attached hydrogens (primary N) is 1. The molecule has 0 bridgehead atoms. The fourth-order valence-corrected chi connectivity index (χ4v) is 1.94. The fraction of sp³-hybridized carbons (Fsp3) is 0.500. The molecule has 2 rings (SSSR count). The van der Waals surface area contributed by atoms with E-state index in [0.29, 0.717) is 30.9 Å². The van der Waals surface area contributed by atoms with Crippen LogP contribution in [0, 0.1) is 6.92 Å². The summed E-state index contributed by atoms with van der Waals surface area (Å²) < 4.78 is 5.30. The van der Waals surface area contributed by atoms with Crippen LogP contribution in [0.4, 0.5) is 5.69 Å². The number of aryl methyl sites for hydroxylation is 1. The number of rotatable bonds is 2. The Kier molecular flexibility index (Phi) is 3.78. The predicted molar refractivity (Wildman–Crippen MR) is 66.1 cm³/mol. The second-order valence-electron chi connectivity index (χ2n) is 4.34. The van der Waals surface area contributed by atoms with Gasteiger partial charge in [-0.2, -0.15) is 0 Å². The highest BCUT2D eigenvalue weighted by Crippen LogP contribution is 2.16. The predicted octanol–water partition coefficient (Wildman–Crippen LogP) is -0.194. The summed E-state index contributed by atoms with van der Waals surface area (Å²) in [5, 5.41) is 9.05. The maximum atomic E-state index is 12.3. The molecule has 6 nitrogen and oxygen atoms in total. The van der Waals surface area contributed by atoms with Crippen LogP contribution in [0.5, 0.6) is 0 Å². The molecule has 1 aromatic rings. The lowest BCUT2D eigenvalue weighted by Crippen LogP contribution is -2.47. The van der Waals surface area contributed by atoms with E-state index < -0.39 is 0 Å². The topological polar surface area (TPSA) is 88.7 Å². The van der Waals surface area contributed by atoms with Crippen molar-refractivity contribution in [3.63, 3.8) is 0 Å². The van der Waals surface area contributed by atoms with Crippen molar-refractivity contribution >= 4 is 11.6 Å². The zero-order valence-electron chi connectivity index (χ0n) is 10.3. The van der Waals surface area contributed by atoms with Crippen LogP contribution >= 0.6 is 0 Å². The molecule has 0 aromatic carbocycles. The van der Waals surface area contributed by atoms with Gasteiger partial charge in [-0.25, -0.2) is 0 Å². The van der Waals surface area contributed by atoms with Gasteiger partial charge in [0.05, 0.1) is 24.9 Å². The summed E-state index contributed by atoms with van der Waals surface area (Å²) in [6.45, 7) is 3.04. The molecule has 98 valence electrons. The van der Waals surface area contributed by atoms with Crippen molar-refractivity contribution in [3.05, 3.63) is 23.5 Å². The minimum absolute atomic E-state index is 0.0919. The lowest BCUT2D eigenvalue weighted by atomic mass is 10.1. The van der Waals surface area contributed by atoms with Gasteiger partial charge in [-0.1, -0.05) is 0 Å². The Morgan fingerprint density at radius 2 is 2.50 bits per heavy atom. The van der Waals surface area contributed by atoms with Gasteiger partial charge in [-0.05, 0) is 13.0 Å². The monoisotopic (exact) mass is 251 g/mol. The molecule has 2 heterocycles. The first kappa shape index (κ1) is 12.8. The van der Waals surface area contributed by atoms with Crippen LogP contribution in [-0.2, 0) is 4.74 Å². The summed E-state index contributed by atoms with van der Waals surface area (Å²) in [6, 6.07) is 1.68. The molecule has 1 aromatic heterocycles. The number of aromatic nitrogens is 1. The van der Waals surface area contributed by atoms with Gasteiger partial charge >= 0.3 is 0 Å². The summed E-state index contributed by atoms with van der Waals surface area (Å²) in [5.74, 6) is -0.165. The van der Waals surface area contributed by atoms with E-state index in [1.165, 1.54) is 6.20 Å². The van der Waals surface area contributed by atoms with Crippen molar-refractivity contribution in [3.8, 4) is 0 Å². The Morgan fingerprint density at radius 3 is 3.17 bits per heavy atom. The zero-order valence-corrected chi connectivity index (χ0v) is 10.3. The molecule has 1 saturated heterocycles. The number of anilines is 1. The maximum Gasteiger partial charge on any atom is 0.257 e. The standard InChI is InChI=1S/C12H17N3O3/c1-8-4-11(13)10(5-14-8)12(17)15-2-3-18-9(6-15)7-16/h4-5,9,16H,2-3,6-7H2,1H3,(H2,13,14). The van der Waals surface area contributed by atoms with Crippen molar-refractivity contribution in [2.24, 2.45) is 0 Å². The van der Waals surface area contributed by atoms with E-state index in [4.69, 9.17) is 15.6 Å². The highest BCUT2D eigenvalue weighted by molar-refractivity contribution is 5.98. The third-order valence-electron chi connectivity index (χ3n) is 2.93. The van der Waals surface area contributed by atoms with Gasteiger partial charge in [0.2, 0.25) is 0 Å². The summed E-state index contributed by atoms with van der Waals surface area (Å²) in [5.41, 5.74) is 7.44. The molecule has 1 unspecified atom stereocenters. The van der Waals surface area contributed by atoms with Crippen molar-refractivity contribution < 1.29 is 14.6 Å². The van der Waals surface area contributed by atoms with E-state index in [1.54, 1.807) is 11.0 Å². The molecule has 3 N–H and O–H groups in total. The first-order chi connectivity index (χ1) is 8.61. The number of nitrogen functional groups attached to an aromatic ring is 1. The smallest absolute Gasteiger partial charge is 0.257 e. The van der Waals surface area contributed by atoms with Gasteiger partial charge in [0.25, 0.3) is 5.91 Å². The van der Waals surface area contributed by atoms with Crippen molar-refractivity contribution in [2.45, 2.75) is 13.0 Å². The number of hydrogen-bond acceptors (Lipinski definition) is 5. The van der Waals surface area contributed by atoms with Gasteiger partial charge in [0.1, 0.15) is 0 Å². The number of ether oxygens (including phenoxy) is 1. The first-order valence-electron chi connectivity index (χ1n) is 5.85. The average Bonchev–Trinajstić information content (AvgIpc) is 2.38. The van der Waals surface area contributed by atoms with E-state index in [0.717, 1.165) is 5.69 Å². The molecule has 18 heavy (non-hydrogen) atoms. The van der Waals surface area contributed by atoms with E-state index in [2.05, 4.69) is 4.98 Å². The van der Waals surface area contributed by atoms with Crippen LogP contribution in [0.3, 0.4) is 0 Å². The minimum atomic E-state index is -0.317. The van der Waals surface area contributed by atoms with Gasteiger partial charge in [0.15, 0.2) is 0 Å². The molecule has 0 radical (unpaired) electrons. The normalized spacial score (nSPS) is 19.9. The molecule has 0 aliphatic carbocycles. The Bertz CT molecular complexity index is 450.